The number of hydrogen-bond donors (Lipinski definition) is 3. The van der Waals surface area contributed by atoms with Gasteiger partial charge < -0.3 is 20.9 Å². The average Bonchev–Trinajstić information content (AvgIpc) is 2.89. The second-order valence-electron chi connectivity index (χ2n) is 3.98. The molecule has 0 bridgehead atoms. The Morgan fingerprint density at radius 2 is 2.00 bits per heavy atom. The lowest BCUT2D eigenvalue weighted by Crippen LogP contribution is -2.21. The first-order chi connectivity index (χ1) is 10.5. The van der Waals surface area contributed by atoms with Crippen LogP contribution in [0.5, 0.6) is 11.6 Å². The molecule has 22 heavy (non-hydrogen) atoms. The summed E-state index contributed by atoms with van der Waals surface area (Å²) in [6.45, 7) is 0. The van der Waals surface area contributed by atoms with Crippen LogP contribution in [0, 0.1) is 0 Å². The van der Waals surface area contributed by atoms with Crippen LogP contribution < -0.4 is 26.3 Å². The molecule has 2 heterocycles. The fraction of sp³-hybridized carbons (Fsp3) is 0.167. The summed E-state index contributed by atoms with van der Waals surface area (Å²) in [5.74, 6) is 0.203. The van der Waals surface area contributed by atoms with Crippen molar-refractivity contribution >= 4 is 28.3 Å². The number of carbonyl (C=O) groups excluding carboxylic acids is 2. The maximum atomic E-state index is 11.4. The fourth-order valence-corrected chi connectivity index (χ4v) is 2.66. The van der Waals surface area contributed by atoms with Crippen molar-refractivity contribution in [1.82, 2.24) is 9.97 Å². The third-order valence-corrected chi connectivity index (χ3v) is 3.64. The van der Waals surface area contributed by atoms with Crippen molar-refractivity contribution < 1.29 is 19.1 Å². The summed E-state index contributed by atoms with van der Waals surface area (Å²) < 4.78 is 10.1. The van der Waals surface area contributed by atoms with Gasteiger partial charge in [0.2, 0.25) is 0 Å². The van der Waals surface area contributed by atoms with Gasteiger partial charge >= 0.3 is 6.03 Å². The molecule has 116 valence electrons. The molecule has 9 nitrogen and oxygen atoms in total. The predicted molar refractivity (Wildman–Crippen MR) is 80.2 cm³/mol. The van der Waals surface area contributed by atoms with Crippen molar-refractivity contribution in [3.8, 4) is 22.3 Å². The molecule has 0 atom stereocenters. The molecule has 2 aromatic rings. The van der Waals surface area contributed by atoms with E-state index in [1.165, 1.54) is 26.5 Å². The van der Waals surface area contributed by atoms with Crippen LogP contribution in [-0.2, 0) is 0 Å². The third kappa shape index (κ3) is 3.06. The van der Waals surface area contributed by atoms with Gasteiger partial charge in [0.1, 0.15) is 5.00 Å². The van der Waals surface area contributed by atoms with Crippen LogP contribution in [0.15, 0.2) is 12.3 Å². The van der Waals surface area contributed by atoms with E-state index < -0.39 is 11.9 Å². The molecular formula is C12H13N5O4S. The quantitative estimate of drug-likeness (QED) is 0.743. The number of thiophene rings is 1. The van der Waals surface area contributed by atoms with Crippen molar-refractivity contribution in [2.24, 2.45) is 11.5 Å². The highest BCUT2D eigenvalue weighted by Gasteiger charge is 2.18. The van der Waals surface area contributed by atoms with Crippen LogP contribution in [-0.4, -0.2) is 36.1 Å². The molecular weight excluding hydrogens is 310 g/mol. The number of carbonyl (C=O) groups is 2. The first-order valence-electron chi connectivity index (χ1n) is 5.91. The first-order valence-corrected chi connectivity index (χ1v) is 6.73. The van der Waals surface area contributed by atoms with Gasteiger partial charge in [0.05, 0.1) is 30.9 Å². The number of nitrogens with zero attached hydrogens (tertiary/aromatic N) is 2. The molecule has 5 N–H and O–H groups in total. The van der Waals surface area contributed by atoms with Crippen molar-refractivity contribution in [2.45, 2.75) is 0 Å². The highest BCUT2D eigenvalue weighted by Crippen LogP contribution is 2.35. The summed E-state index contributed by atoms with van der Waals surface area (Å²) in [4.78, 5) is 31.2. The predicted octanol–water partition coefficient (Wildman–Crippen LogP) is 0.812. The van der Waals surface area contributed by atoms with E-state index in [1.54, 1.807) is 0 Å². The van der Waals surface area contributed by atoms with E-state index >= 15 is 0 Å². The second kappa shape index (κ2) is 6.26. The molecule has 0 saturated carbocycles. The molecule has 0 radical (unpaired) electrons. The van der Waals surface area contributed by atoms with Crippen molar-refractivity contribution in [3.63, 3.8) is 0 Å². The fourth-order valence-electron chi connectivity index (χ4n) is 1.65. The van der Waals surface area contributed by atoms with Crippen LogP contribution in [0.3, 0.4) is 0 Å². The Balaban J connectivity index is 2.48. The van der Waals surface area contributed by atoms with Crippen molar-refractivity contribution in [3.05, 3.63) is 17.8 Å². The normalized spacial score (nSPS) is 10.1. The number of hydrogen-bond acceptors (Lipinski definition) is 7. The summed E-state index contributed by atoms with van der Waals surface area (Å²) in [5, 5.41) is 2.57. The third-order valence-electron chi connectivity index (χ3n) is 2.59. The van der Waals surface area contributed by atoms with Gasteiger partial charge in [0.15, 0.2) is 11.6 Å². The van der Waals surface area contributed by atoms with E-state index in [0.29, 0.717) is 16.5 Å². The molecule has 3 amide bonds. The summed E-state index contributed by atoms with van der Waals surface area (Å²) >= 11 is 1.07. The van der Waals surface area contributed by atoms with Gasteiger partial charge in [-0.05, 0) is 6.07 Å². The Bertz CT molecular complexity index is 730. The lowest BCUT2D eigenvalue weighted by atomic mass is 10.2. The molecule has 2 aromatic heterocycles. The lowest BCUT2D eigenvalue weighted by Gasteiger charge is -2.06. The number of rotatable bonds is 5. The van der Waals surface area contributed by atoms with Crippen molar-refractivity contribution in [1.29, 1.82) is 0 Å². The SMILES string of the molecule is COc1cnc(-c2cc(C(N)=O)c(NC(N)=O)s2)nc1OC. The number of primary amides is 2. The highest BCUT2D eigenvalue weighted by atomic mass is 32.1. The zero-order chi connectivity index (χ0) is 16.3. The lowest BCUT2D eigenvalue weighted by molar-refractivity contribution is 0.100. The van der Waals surface area contributed by atoms with Crippen LogP contribution in [0.1, 0.15) is 10.4 Å². The van der Waals surface area contributed by atoms with E-state index in [2.05, 4.69) is 15.3 Å². The minimum atomic E-state index is -0.802. The van der Waals surface area contributed by atoms with Crippen LogP contribution in [0.2, 0.25) is 0 Å². The highest BCUT2D eigenvalue weighted by molar-refractivity contribution is 7.20. The monoisotopic (exact) mass is 323 g/mol. The molecule has 0 saturated heterocycles. The van der Waals surface area contributed by atoms with E-state index in [9.17, 15) is 9.59 Å². The van der Waals surface area contributed by atoms with E-state index in [1.807, 2.05) is 0 Å². The Morgan fingerprint density at radius 1 is 1.27 bits per heavy atom. The number of nitrogens with one attached hydrogen (secondary N) is 1. The summed E-state index contributed by atoms with van der Waals surface area (Å²) in [6.07, 6.45) is 1.44. The van der Waals surface area contributed by atoms with Crippen LogP contribution in [0.25, 0.3) is 10.7 Å². The summed E-state index contributed by atoms with van der Waals surface area (Å²) in [7, 11) is 2.91. The standard InChI is InChI=1S/C12H13N5O4S/c1-20-6-4-15-9(16-10(6)21-2)7-3-5(8(13)18)11(22-7)17-12(14)19/h3-4H,1-2H3,(H2,13,18)(H3,14,17,19). The van der Waals surface area contributed by atoms with E-state index in [-0.39, 0.29) is 16.4 Å². The van der Waals surface area contributed by atoms with Gasteiger partial charge in [-0.1, -0.05) is 0 Å². The van der Waals surface area contributed by atoms with Gasteiger partial charge in [0.25, 0.3) is 11.8 Å². The number of ether oxygens (including phenoxy) is 2. The first kappa shape index (κ1) is 15.5. The molecule has 0 aliphatic rings. The molecule has 10 heteroatoms. The molecule has 0 aromatic carbocycles. The minimum Gasteiger partial charge on any atom is -0.490 e. The number of amides is 3. The van der Waals surface area contributed by atoms with Crippen LogP contribution in [0.4, 0.5) is 9.80 Å². The summed E-state index contributed by atoms with van der Waals surface area (Å²) in [5.41, 5.74) is 10.5. The molecule has 0 spiro atoms. The van der Waals surface area contributed by atoms with E-state index in [0.717, 1.165) is 11.3 Å². The van der Waals surface area contributed by atoms with Gasteiger partial charge in [-0.25, -0.2) is 9.78 Å². The number of anilines is 1. The number of aromatic nitrogens is 2. The van der Waals surface area contributed by atoms with Gasteiger partial charge in [-0.15, -0.1) is 11.3 Å². The Kier molecular flexibility index (Phi) is 4.41. The molecule has 2 rings (SSSR count). The molecule has 0 unspecified atom stereocenters. The topological polar surface area (TPSA) is 142 Å². The minimum absolute atomic E-state index is 0.122. The smallest absolute Gasteiger partial charge is 0.317 e. The largest absolute Gasteiger partial charge is 0.490 e. The molecule has 0 fully saturated rings. The molecule has 0 aliphatic heterocycles. The average molecular weight is 323 g/mol. The Hall–Kier alpha value is -2.88. The second-order valence-corrected chi connectivity index (χ2v) is 5.03. The van der Waals surface area contributed by atoms with Crippen molar-refractivity contribution in [2.75, 3.05) is 19.5 Å². The van der Waals surface area contributed by atoms with Gasteiger partial charge in [-0.3, -0.25) is 10.1 Å². The number of urea groups is 1. The van der Waals surface area contributed by atoms with E-state index in [4.69, 9.17) is 20.9 Å². The van der Waals surface area contributed by atoms with Gasteiger partial charge in [-0.2, -0.15) is 4.98 Å². The Labute approximate surface area is 129 Å². The number of nitrogens with two attached hydrogens (primary N) is 2. The maximum Gasteiger partial charge on any atom is 0.317 e. The summed E-state index contributed by atoms with van der Waals surface area (Å²) in [6, 6.07) is 0.670. The zero-order valence-corrected chi connectivity index (χ0v) is 12.6. The van der Waals surface area contributed by atoms with Gasteiger partial charge in [0, 0.05) is 0 Å². The maximum absolute atomic E-state index is 11.4. The Morgan fingerprint density at radius 3 is 2.55 bits per heavy atom. The number of methoxy groups -OCH3 is 2. The molecule has 0 aliphatic carbocycles. The van der Waals surface area contributed by atoms with Crippen LogP contribution >= 0.6 is 11.3 Å². The zero-order valence-electron chi connectivity index (χ0n) is 11.7.